The van der Waals surface area contributed by atoms with Gasteiger partial charge < -0.3 is 9.47 Å². The molecule has 1 aliphatic rings. The predicted octanol–water partition coefficient (Wildman–Crippen LogP) is 1.87. The number of nitrogens with one attached hydrogen (secondary N) is 1. The molecule has 2 aromatic heterocycles. The number of aromatic amines is 1. The Morgan fingerprint density at radius 1 is 1.41 bits per heavy atom. The second-order valence-electron chi connectivity index (χ2n) is 6.04. The molecule has 1 unspecified atom stereocenters. The summed E-state index contributed by atoms with van der Waals surface area (Å²) in [6, 6.07) is 2.02. The number of piperidine rings is 1. The Balaban J connectivity index is 1.43. The maximum atomic E-state index is 12.4. The number of carbonyl (C=O) groups excluding carboxylic acids is 1. The standard InChI is InChI=1S/C16H23N5O/c22-16(4-2-8-20-10-7-17-13-20)21-9-1-3-14(12-21)11-15-5-6-18-19-15/h5-7,10,13-14H,1-4,8-9,11-12H2,(H,18,19). The van der Waals surface area contributed by atoms with E-state index in [0.717, 1.165) is 38.9 Å². The molecular weight excluding hydrogens is 278 g/mol. The van der Waals surface area contributed by atoms with Crippen LogP contribution in [-0.4, -0.2) is 43.6 Å². The molecule has 3 heterocycles. The molecule has 0 aliphatic carbocycles. The van der Waals surface area contributed by atoms with Crippen molar-refractivity contribution in [2.24, 2.45) is 5.92 Å². The number of hydrogen-bond donors (Lipinski definition) is 1. The second-order valence-corrected chi connectivity index (χ2v) is 6.04. The van der Waals surface area contributed by atoms with Crippen molar-refractivity contribution in [2.75, 3.05) is 13.1 Å². The van der Waals surface area contributed by atoms with Crippen molar-refractivity contribution in [1.82, 2.24) is 24.6 Å². The molecule has 2 aromatic rings. The van der Waals surface area contributed by atoms with E-state index < -0.39 is 0 Å². The lowest BCUT2D eigenvalue weighted by atomic mass is 9.93. The fourth-order valence-electron chi connectivity index (χ4n) is 3.16. The van der Waals surface area contributed by atoms with Crippen molar-refractivity contribution in [3.63, 3.8) is 0 Å². The number of hydrogen-bond acceptors (Lipinski definition) is 3. The Kier molecular flexibility index (Phi) is 4.88. The normalized spacial score (nSPS) is 18.5. The van der Waals surface area contributed by atoms with E-state index in [0.29, 0.717) is 12.3 Å². The molecule has 118 valence electrons. The largest absolute Gasteiger partial charge is 0.342 e. The van der Waals surface area contributed by atoms with Gasteiger partial charge in [0.2, 0.25) is 5.91 Å². The summed E-state index contributed by atoms with van der Waals surface area (Å²) in [5.41, 5.74) is 1.17. The van der Waals surface area contributed by atoms with E-state index in [1.807, 2.05) is 21.7 Å². The maximum Gasteiger partial charge on any atom is 0.222 e. The zero-order valence-corrected chi connectivity index (χ0v) is 12.8. The molecule has 1 aliphatic heterocycles. The summed E-state index contributed by atoms with van der Waals surface area (Å²) < 4.78 is 2.02. The highest BCUT2D eigenvalue weighted by atomic mass is 16.2. The van der Waals surface area contributed by atoms with Crippen LogP contribution < -0.4 is 0 Å². The van der Waals surface area contributed by atoms with Crippen LogP contribution in [0.2, 0.25) is 0 Å². The van der Waals surface area contributed by atoms with Gasteiger partial charge in [0.15, 0.2) is 0 Å². The third-order valence-electron chi connectivity index (χ3n) is 4.30. The van der Waals surface area contributed by atoms with E-state index in [4.69, 9.17) is 0 Å². The SMILES string of the molecule is O=C(CCCn1ccnc1)N1CCCC(Cc2ccn[nH]2)C1. The predicted molar refractivity (Wildman–Crippen MR) is 83.1 cm³/mol. The Hall–Kier alpha value is -2.11. The zero-order valence-electron chi connectivity index (χ0n) is 12.8. The summed E-state index contributed by atoms with van der Waals surface area (Å²) in [6.07, 6.45) is 12.1. The molecule has 1 saturated heterocycles. The van der Waals surface area contributed by atoms with Gasteiger partial charge in [0.1, 0.15) is 0 Å². The van der Waals surface area contributed by atoms with Crippen LogP contribution in [0.3, 0.4) is 0 Å². The van der Waals surface area contributed by atoms with Gasteiger partial charge in [0, 0.05) is 50.3 Å². The Labute approximate surface area is 130 Å². The van der Waals surface area contributed by atoms with Gasteiger partial charge in [-0.3, -0.25) is 9.89 Å². The van der Waals surface area contributed by atoms with E-state index in [2.05, 4.69) is 15.2 Å². The fraction of sp³-hybridized carbons (Fsp3) is 0.562. The molecule has 0 spiro atoms. The van der Waals surface area contributed by atoms with Gasteiger partial charge in [0.05, 0.1) is 6.33 Å². The van der Waals surface area contributed by atoms with Gasteiger partial charge in [-0.1, -0.05) is 0 Å². The highest BCUT2D eigenvalue weighted by Gasteiger charge is 2.23. The zero-order chi connectivity index (χ0) is 15.2. The molecule has 0 aromatic carbocycles. The van der Waals surface area contributed by atoms with Gasteiger partial charge in [-0.15, -0.1) is 0 Å². The topological polar surface area (TPSA) is 66.8 Å². The van der Waals surface area contributed by atoms with Gasteiger partial charge in [-0.2, -0.15) is 5.10 Å². The molecule has 6 nitrogen and oxygen atoms in total. The molecule has 0 radical (unpaired) electrons. The third kappa shape index (κ3) is 3.96. The van der Waals surface area contributed by atoms with Crippen molar-refractivity contribution in [3.8, 4) is 0 Å². The molecule has 1 amide bonds. The van der Waals surface area contributed by atoms with Gasteiger partial charge in [-0.25, -0.2) is 4.98 Å². The number of imidazole rings is 1. The first kappa shape index (κ1) is 14.8. The molecule has 1 N–H and O–H groups in total. The van der Waals surface area contributed by atoms with Crippen LogP contribution in [0.25, 0.3) is 0 Å². The van der Waals surface area contributed by atoms with Crippen LogP contribution in [0.1, 0.15) is 31.4 Å². The number of H-pyrrole nitrogens is 1. The van der Waals surface area contributed by atoms with Gasteiger partial charge >= 0.3 is 0 Å². The lowest BCUT2D eigenvalue weighted by Crippen LogP contribution is -2.40. The Bertz CT molecular complexity index is 563. The maximum absolute atomic E-state index is 12.4. The van der Waals surface area contributed by atoms with Crippen LogP contribution in [-0.2, 0) is 17.8 Å². The van der Waals surface area contributed by atoms with Crippen LogP contribution in [0.4, 0.5) is 0 Å². The minimum Gasteiger partial charge on any atom is -0.342 e. The first-order chi connectivity index (χ1) is 10.8. The van der Waals surface area contributed by atoms with Crippen molar-refractivity contribution in [1.29, 1.82) is 0 Å². The number of likely N-dealkylation sites (tertiary alicyclic amines) is 1. The van der Waals surface area contributed by atoms with Crippen molar-refractivity contribution in [3.05, 3.63) is 36.7 Å². The highest BCUT2D eigenvalue weighted by Crippen LogP contribution is 2.20. The average Bonchev–Trinajstić information content (AvgIpc) is 3.21. The fourth-order valence-corrected chi connectivity index (χ4v) is 3.16. The monoisotopic (exact) mass is 301 g/mol. The third-order valence-corrected chi connectivity index (χ3v) is 4.30. The molecule has 1 atom stereocenters. The number of amides is 1. The number of aryl methyl sites for hydroxylation is 1. The van der Waals surface area contributed by atoms with Gasteiger partial charge in [-0.05, 0) is 37.7 Å². The summed E-state index contributed by atoms with van der Waals surface area (Å²) in [7, 11) is 0. The summed E-state index contributed by atoms with van der Waals surface area (Å²) in [5, 5.41) is 7.01. The molecule has 3 rings (SSSR count). The van der Waals surface area contributed by atoms with Crippen LogP contribution in [0, 0.1) is 5.92 Å². The van der Waals surface area contributed by atoms with Crippen LogP contribution in [0.5, 0.6) is 0 Å². The molecule has 6 heteroatoms. The lowest BCUT2D eigenvalue weighted by molar-refractivity contribution is -0.133. The first-order valence-corrected chi connectivity index (χ1v) is 8.03. The van der Waals surface area contributed by atoms with E-state index in [-0.39, 0.29) is 5.91 Å². The number of carbonyl (C=O) groups is 1. The average molecular weight is 301 g/mol. The van der Waals surface area contributed by atoms with Crippen LogP contribution >= 0.6 is 0 Å². The van der Waals surface area contributed by atoms with E-state index in [9.17, 15) is 4.79 Å². The Morgan fingerprint density at radius 3 is 3.14 bits per heavy atom. The second kappa shape index (κ2) is 7.24. The molecule has 0 bridgehead atoms. The van der Waals surface area contributed by atoms with Crippen LogP contribution in [0.15, 0.2) is 31.0 Å². The summed E-state index contributed by atoms with van der Waals surface area (Å²) >= 11 is 0. The number of rotatable bonds is 6. The molecule has 0 saturated carbocycles. The van der Waals surface area contributed by atoms with Crippen molar-refractivity contribution >= 4 is 5.91 Å². The van der Waals surface area contributed by atoms with Crippen molar-refractivity contribution < 1.29 is 4.79 Å². The number of nitrogens with zero attached hydrogens (tertiary/aromatic N) is 4. The summed E-state index contributed by atoms with van der Waals surface area (Å²) in [4.78, 5) is 18.4. The van der Waals surface area contributed by atoms with Gasteiger partial charge in [0.25, 0.3) is 0 Å². The van der Waals surface area contributed by atoms with Crippen molar-refractivity contribution in [2.45, 2.75) is 38.6 Å². The van der Waals surface area contributed by atoms with E-state index in [1.165, 1.54) is 12.1 Å². The van der Waals surface area contributed by atoms with E-state index >= 15 is 0 Å². The summed E-state index contributed by atoms with van der Waals surface area (Å²) in [6.45, 7) is 2.64. The summed E-state index contributed by atoms with van der Waals surface area (Å²) in [5.74, 6) is 0.834. The smallest absolute Gasteiger partial charge is 0.222 e. The first-order valence-electron chi connectivity index (χ1n) is 8.03. The van der Waals surface area contributed by atoms with E-state index in [1.54, 1.807) is 18.7 Å². The quantitative estimate of drug-likeness (QED) is 0.885. The Morgan fingerprint density at radius 2 is 2.36 bits per heavy atom. The minimum absolute atomic E-state index is 0.287. The molecule has 22 heavy (non-hydrogen) atoms. The molecule has 1 fully saturated rings. The lowest BCUT2D eigenvalue weighted by Gasteiger charge is -2.32. The molecular formula is C16H23N5O. The highest BCUT2D eigenvalue weighted by molar-refractivity contribution is 5.76. The number of aromatic nitrogens is 4. The minimum atomic E-state index is 0.287.